The van der Waals surface area contributed by atoms with Crippen LogP contribution in [-0.2, 0) is 6.54 Å². The van der Waals surface area contributed by atoms with Gasteiger partial charge in [0.25, 0.3) is 0 Å². The highest BCUT2D eigenvalue weighted by atomic mass is 14.8. The molecular formula is C23H35N. The van der Waals surface area contributed by atoms with Crippen molar-refractivity contribution in [2.24, 2.45) is 11.8 Å². The van der Waals surface area contributed by atoms with Crippen molar-refractivity contribution in [3.8, 4) is 0 Å². The van der Waals surface area contributed by atoms with Gasteiger partial charge in [0, 0.05) is 6.54 Å². The van der Waals surface area contributed by atoms with E-state index in [9.17, 15) is 0 Å². The number of fused-ring (bicyclic) bond motifs is 1. The molecule has 24 heavy (non-hydrogen) atoms. The molecule has 0 amide bonds. The van der Waals surface area contributed by atoms with Gasteiger partial charge >= 0.3 is 0 Å². The topological polar surface area (TPSA) is 12.0 Å². The SMILES string of the molecule is CC.CC1CCCCCC1CCNCc1ccc2ccccc2c1. The smallest absolute Gasteiger partial charge is 0.0205 e. The molecule has 3 rings (SSSR count). The number of hydrogen-bond donors (Lipinski definition) is 1. The Bertz CT molecular complexity index is 589. The first-order valence-corrected chi connectivity index (χ1v) is 10.0. The Morgan fingerprint density at radius 3 is 2.50 bits per heavy atom. The fourth-order valence-electron chi connectivity index (χ4n) is 3.87. The predicted molar refractivity (Wildman–Crippen MR) is 107 cm³/mol. The van der Waals surface area contributed by atoms with Gasteiger partial charge in [0.1, 0.15) is 0 Å². The lowest BCUT2D eigenvalue weighted by atomic mass is 9.87. The van der Waals surface area contributed by atoms with Gasteiger partial charge in [-0.2, -0.15) is 0 Å². The summed E-state index contributed by atoms with van der Waals surface area (Å²) in [6.07, 6.45) is 8.57. The van der Waals surface area contributed by atoms with Gasteiger partial charge in [-0.25, -0.2) is 0 Å². The molecule has 0 heterocycles. The summed E-state index contributed by atoms with van der Waals surface area (Å²) in [5.74, 6) is 1.86. The maximum Gasteiger partial charge on any atom is 0.0205 e. The molecule has 2 aromatic carbocycles. The molecule has 0 spiro atoms. The second-order valence-electron chi connectivity index (χ2n) is 7.02. The standard InChI is InChI=1S/C21H29N.C2H6/c1-17-7-3-2-4-8-19(17)13-14-22-16-18-11-12-20-9-5-6-10-21(20)15-18;1-2/h5-6,9-12,15,17,19,22H,2-4,7-8,13-14,16H2,1H3;1-2H3. The van der Waals surface area contributed by atoms with Crippen LogP contribution in [0.15, 0.2) is 42.5 Å². The highest BCUT2D eigenvalue weighted by molar-refractivity contribution is 5.82. The van der Waals surface area contributed by atoms with E-state index in [-0.39, 0.29) is 0 Å². The van der Waals surface area contributed by atoms with E-state index in [1.807, 2.05) is 13.8 Å². The van der Waals surface area contributed by atoms with E-state index in [2.05, 4.69) is 54.7 Å². The first-order chi connectivity index (χ1) is 11.8. The van der Waals surface area contributed by atoms with Gasteiger partial charge in [-0.3, -0.25) is 0 Å². The van der Waals surface area contributed by atoms with E-state index >= 15 is 0 Å². The Morgan fingerprint density at radius 2 is 1.67 bits per heavy atom. The fourth-order valence-corrected chi connectivity index (χ4v) is 3.87. The highest BCUT2D eigenvalue weighted by Gasteiger charge is 2.19. The molecule has 1 saturated carbocycles. The average molecular weight is 326 g/mol. The summed E-state index contributed by atoms with van der Waals surface area (Å²) in [6.45, 7) is 8.60. The van der Waals surface area contributed by atoms with Crippen LogP contribution in [0.25, 0.3) is 10.8 Å². The van der Waals surface area contributed by atoms with E-state index < -0.39 is 0 Å². The monoisotopic (exact) mass is 325 g/mol. The maximum atomic E-state index is 3.65. The van der Waals surface area contributed by atoms with Crippen LogP contribution in [0.5, 0.6) is 0 Å². The summed E-state index contributed by atoms with van der Waals surface area (Å²) >= 11 is 0. The lowest BCUT2D eigenvalue weighted by molar-refractivity contribution is 0.313. The summed E-state index contributed by atoms with van der Waals surface area (Å²) in [5.41, 5.74) is 1.40. The van der Waals surface area contributed by atoms with Crippen molar-refractivity contribution in [3.05, 3.63) is 48.0 Å². The minimum atomic E-state index is 0.921. The number of benzene rings is 2. The Kier molecular flexibility index (Phi) is 8.32. The van der Waals surface area contributed by atoms with Crippen LogP contribution in [-0.4, -0.2) is 6.54 Å². The quantitative estimate of drug-likeness (QED) is 0.484. The van der Waals surface area contributed by atoms with E-state index in [0.29, 0.717) is 0 Å². The van der Waals surface area contributed by atoms with Crippen LogP contribution < -0.4 is 5.32 Å². The molecule has 1 N–H and O–H groups in total. The van der Waals surface area contributed by atoms with E-state index in [4.69, 9.17) is 0 Å². The van der Waals surface area contributed by atoms with Gasteiger partial charge < -0.3 is 5.32 Å². The summed E-state index contributed by atoms with van der Waals surface area (Å²) in [5, 5.41) is 6.33. The van der Waals surface area contributed by atoms with Crippen molar-refractivity contribution in [2.75, 3.05) is 6.54 Å². The van der Waals surface area contributed by atoms with Crippen molar-refractivity contribution in [1.29, 1.82) is 0 Å². The number of rotatable bonds is 5. The van der Waals surface area contributed by atoms with Crippen LogP contribution in [0, 0.1) is 11.8 Å². The average Bonchev–Trinajstić information content (AvgIpc) is 2.84. The lowest BCUT2D eigenvalue weighted by Gasteiger charge is -2.21. The molecule has 0 aromatic heterocycles. The summed E-state index contributed by atoms with van der Waals surface area (Å²) < 4.78 is 0. The van der Waals surface area contributed by atoms with Crippen molar-refractivity contribution in [3.63, 3.8) is 0 Å². The van der Waals surface area contributed by atoms with E-state index in [1.54, 1.807) is 0 Å². The van der Waals surface area contributed by atoms with Gasteiger partial charge in [0.15, 0.2) is 0 Å². The molecule has 0 aliphatic heterocycles. The molecule has 1 aliphatic carbocycles. The van der Waals surface area contributed by atoms with E-state index in [0.717, 1.165) is 24.9 Å². The molecule has 0 saturated heterocycles. The van der Waals surface area contributed by atoms with E-state index in [1.165, 1.54) is 54.9 Å². The van der Waals surface area contributed by atoms with Gasteiger partial charge in [-0.05, 0) is 47.2 Å². The largest absolute Gasteiger partial charge is 0.313 e. The third-order valence-electron chi connectivity index (χ3n) is 5.37. The third-order valence-corrected chi connectivity index (χ3v) is 5.37. The zero-order valence-corrected chi connectivity index (χ0v) is 15.9. The van der Waals surface area contributed by atoms with Crippen molar-refractivity contribution >= 4 is 10.8 Å². The Morgan fingerprint density at radius 1 is 0.917 bits per heavy atom. The predicted octanol–water partition coefficient (Wildman–Crippen LogP) is 6.56. The zero-order valence-electron chi connectivity index (χ0n) is 15.9. The Labute approximate surface area is 148 Å². The van der Waals surface area contributed by atoms with Gasteiger partial charge in [-0.1, -0.05) is 89.3 Å². The second kappa shape index (κ2) is 10.5. The maximum absolute atomic E-state index is 3.65. The molecule has 0 radical (unpaired) electrons. The number of nitrogens with one attached hydrogen (secondary N) is 1. The molecular weight excluding hydrogens is 290 g/mol. The van der Waals surface area contributed by atoms with Crippen LogP contribution in [0.2, 0.25) is 0 Å². The minimum absolute atomic E-state index is 0.921. The molecule has 2 atom stereocenters. The highest BCUT2D eigenvalue weighted by Crippen LogP contribution is 2.30. The second-order valence-corrected chi connectivity index (χ2v) is 7.02. The normalized spacial score (nSPS) is 21.0. The summed E-state index contributed by atoms with van der Waals surface area (Å²) in [7, 11) is 0. The zero-order chi connectivity index (χ0) is 17.2. The first-order valence-electron chi connectivity index (χ1n) is 10.0. The van der Waals surface area contributed by atoms with Gasteiger partial charge in [0.05, 0.1) is 0 Å². The lowest BCUT2D eigenvalue weighted by Crippen LogP contribution is -2.20. The minimum Gasteiger partial charge on any atom is -0.313 e. The number of hydrogen-bond acceptors (Lipinski definition) is 1. The van der Waals surface area contributed by atoms with Crippen molar-refractivity contribution in [1.82, 2.24) is 5.32 Å². The van der Waals surface area contributed by atoms with Gasteiger partial charge in [0.2, 0.25) is 0 Å². The molecule has 2 unspecified atom stereocenters. The molecule has 132 valence electrons. The van der Waals surface area contributed by atoms with Crippen LogP contribution in [0.3, 0.4) is 0 Å². The molecule has 1 aliphatic rings. The molecule has 2 aromatic rings. The first kappa shape index (κ1) is 19.0. The summed E-state index contributed by atoms with van der Waals surface area (Å²) in [6, 6.07) is 15.4. The van der Waals surface area contributed by atoms with Crippen LogP contribution in [0.4, 0.5) is 0 Å². The summed E-state index contributed by atoms with van der Waals surface area (Å²) in [4.78, 5) is 0. The van der Waals surface area contributed by atoms with Crippen LogP contribution >= 0.6 is 0 Å². The molecule has 1 nitrogen and oxygen atoms in total. The Hall–Kier alpha value is -1.34. The molecule has 1 fully saturated rings. The third kappa shape index (κ3) is 5.63. The van der Waals surface area contributed by atoms with Gasteiger partial charge in [-0.15, -0.1) is 0 Å². The van der Waals surface area contributed by atoms with Crippen molar-refractivity contribution in [2.45, 2.75) is 65.8 Å². The fraction of sp³-hybridized carbons (Fsp3) is 0.565. The molecule has 1 heteroatoms. The van der Waals surface area contributed by atoms with Crippen LogP contribution in [0.1, 0.15) is 64.9 Å². The Balaban J connectivity index is 0.00000100. The van der Waals surface area contributed by atoms with Crippen molar-refractivity contribution < 1.29 is 0 Å². The molecule has 0 bridgehead atoms.